The van der Waals surface area contributed by atoms with E-state index in [0.717, 1.165) is 6.07 Å². The predicted molar refractivity (Wildman–Crippen MR) is 61.8 cm³/mol. The Kier molecular flexibility index (Phi) is 5.09. The predicted octanol–water partition coefficient (Wildman–Crippen LogP) is 3.01. The van der Waals surface area contributed by atoms with Crippen molar-refractivity contribution < 1.29 is 27.5 Å². The van der Waals surface area contributed by atoms with Crippen molar-refractivity contribution in [1.29, 1.82) is 0 Å². The highest BCUT2D eigenvalue weighted by Gasteiger charge is 2.37. The first-order valence-corrected chi connectivity index (χ1v) is 5.71. The number of benzene rings is 1. The van der Waals surface area contributed by atoms with Crippen LogP contribution in [0.25, 0.3) is 0 Å². The molecule has 0 fully saturated rings. The average molecular weight is 274 g/mol. The number of halogens is 3. The number of hydrogen-bond donors (Lipinski definition) is 0. The zero-order chi connectivity index (χ0) is 14.5. The number of rotatable bonds is 5. The molecule has 3 nitrogen and oxygen atoms in total. The molecule has 0 aromatic heterocycles. The van der Waals surface area contributed by atoms with Crippen molar-refractivity contribution in [2.45, 2.75) is 25.9 Å². The van der Waals surface area contributed by atoms with Crippen LogP contribution < -0.4 is 0 Å². The summed E-state index contributed by atoms with van der Waals surface area (Å²) < 4.78 is 43.7. The second-order valence-electron chi connectivity index (χ2n) is 3.76. The lowest BCUT2D eigenvalue weighted by Crippen LogP contribution is -2.18. The number of ether oxygens (including phenoxy) is 1. The highest BCUT2D eigenvalue weighted by Crippen LogP contribution is 2.35. The number of hydrogen-bond acceptors (Lipinski definition) is 3. The van der Waals surface area contributed by atoms with Crippen LogP contribution in [0.3, 0.4) is 0 Å². The van der Waals surface area contributed by atoms with Crippen molar-refractivity contribution in [3.8, 4) is 0 Å². The first-order valence-electron chi connectivity index (χ1n) is 5.71. The van der Waals surface area contributed by atoms with Gasteiger partial charge in [0.1, 0.15) is 6.29 Å². The maximum absolute atomic E-state index is 13.0. The number of esters is 1. The monoisotopic (exact) mass is 274 g/mol. The Morgan fingerprint density at radius 3 is 2.58 bits per heavy atom. The van der Waals surface area contributed by atoms with Crippen LogP contribution in [0.2, 0.25) is 0 Å². The Morgan fingerprint density at radius 2 is 2.05 bits per heavy atom. The van der Waals surface area contributed by atoms with E-state index in [1.807, 2.05) is 0 Å². The molecule has 0 heterocycles. The molecule has 0 aliphatic rings. The molecular formula is C13H13F3O3. The van der Waals surface area contributed by atoms with Gasteiger partial charge in [-0.25, -0.2) is 4.79 Å². The number of alkyl halides is 3. The van der Waals surface area contributed by atoms with E-state index in [4.69, 9.17) is 0 Å². The van der Waals surface area contributed by atoms with E-state index in [0.29, 0.717) is 6.29 Å². The van der Waals surface area contributed by atoms with Crippen molar-refractivity contribution in [2.75, 3.05) is 6.61 Å². The molecule has 1 aromatic carbocycles. The molecule has 0 saturated carbocycles. The lowest BCUT2D eigenvalue weighted by atomic mass is 9.97. The van der Waals surface area contributed by atoms with Gasteiger partial charge in [-0.1, -0.05) is 12.1 Å². The largest absolute Gasteiger partial charge is 0.462 e. The molecule has 0 spiro atoms. The molecule has 0 N–H and O–H groups in total. The van der Waals surface area contributed by atoms with Gasteiger partial charge in [0, 0.05) is 6.42 Å². The summed E-state index contributed by atoms with van der Waals surface area (Å²) in [6.45, 7) is 1.51. The normalized spacial score (nSPS) is 11.2. The molecular weight excluding hydrogens is 261 g/mol. The third-order valence-electron chi connectivity index (χ3n) is 2.46. The van der Waals surface area contributed by atoms with Crippen molar-refractivity contribution in [2.24, 2.45) is 0 Å². The molecule has 0 unspecified atom stereocenters. The van der Waals surface area contributed by atoms with Gasteiger partial charge in [-0.2, -0.15) is 13.2 Å². The van der Waals surface area contributed by atoms with Gasteiger partial charge in [0.05, 0.1) is 17.7 Å². The second kappa shape index (κ2) is 6.36. The maximum atomic E-state index is 13.0. The van der Waals surface area contributed by atoms with Gasteiger partial charge in [0.15, 0.2) is 0 Å². The van der Waals surface area contributed by atoms with E-state index in [9.17, 15) is 22.8 Å². The highest BCUT2D eigenvalue weighted by atomic mass is 19.4. The van der Waals surface area contributed by atoms with Gasteiger partial charge in [0.25, 0.3) is 0 Å². The molecule has 104 valence electrons. The lowest BCUT2D eigenvalue weighted by Gasteiger charge is -2.16. The van der Waals surface area contributed by atoms with E-state index in [1.165, 1.54) is 19.1 Å². The van der Waals surface area contributed by atoms with Gasteiger partial charge in [0.2, 0.25) is 0 Å². The van der Waals surface area contributed by atoms with Crippen molar-refractivity contribution in [1.82, 2.24) is 0 Å². The molecule has 19 heavy (non-hydrogen) atoms. The maximum Gasteiger partial charge on any atom is 0.417 e. The molecule has 6 heteroatoms. The van der Waals surface area contributed by atoms with Crippen molar-refractivity contribution >= 4 is 12.3 Å². The summed E-state index contributed by atoms with van der Waals surface area (Å²) in [5.74, 6) is -1.01. The SMILES string of the molecule is CCOC(=O)c1cccc(CCC=O)c1C(F)(F)F. The van der Waals surface area contributed by atoms with Crippen molar-refractivity contribution in [3.05, 3.63) is 34.9 Å². The third-order valence-corrected chi connectivity index (χ3v) is 2.46. The fourth-order valence-electron chi connectivity index (χ4n) is 1.74. The zero-order valence-electron chi connectivity index (χ0n) is 10.3. The minimum absolute atomic E-state index is 0.00526. The first kappa shape index (κ1) is 15.2. The van der Waals surface area contributed by atoms with E-state index in [1.54, 1.807) is 0 Å². The van der Waals surface area contributed by atoms with E-state index >= 15 is 0 Å². The zero-order valence-corrected chi connectivity index (χ0v) is 10.3. The van der Waals surface area contributed by atoms with Crippen molar-refractivity contribution in [3.63, 3.8) is 0 Å². The van der Waals surface area contributed by atoms with Crippen LogP contribution >= 0.6 is 0 Å². The average Bonchev–Trinajstić information content (AvgIpc) is 2.35. The Bertz CT molecular complexity index is 467. The Hall–Kier alpha value is -1.85. The van der Waals surface area contributed by atoms with Crippen LogP contribution in [0.5, 0.6) is 0 Å². The summed E-state index contributed by atoms with van der Waals surface area (Å²) >= 11 is 0. The third kappa shape index (κ3) is 3.81. The van der Waals surface area contributed by atoms with Gasteiger partial charge in [-0.05, 0) is 25.0 Å². The minimum atomic E-state index is -4.67. The molecule has 0 bridgehead atoms. The summed E-state index contributed by atoms with van der Waals surface area (Å²) in [4.78, 5) is 21.8. The molecule has 0 amide bonds. The van der Waals surface area contributed by atoms with Crippen LogP contribution in [0, 0.1) is 0 Å². The summed E-state index contributed by atoms with van der Waals surface area (Å²) in [6.07, 6.45) is -4.22. The fraction of sp³-hybridized carbons (Fsp3) is 0.385. The highest BCUT2D eigenvalue weighted by molar-refractivity contribution is 5.91. The van der Waals surface area contributed by atoms with E-state index in [-0.39, 0.29) is 25.0 Å². The summed E-state index contributed by atoms with van der Waals surface area (Å²) in [5.41, 5.74) is -1.61. The summed E-state index contributed by atoms with van der Waals surface area (Å²) in [6, 6.07) is 3.68. The molecule has 0 aliphatic carbocycles. The Morgan fingerprint density at radius 1 is 1.37 bits per heavy atom. The number of carbonyl (C=O) groups excluding carboxylic acids is 2. The van der Waals surface area contributed by atoms with Gasteiger partial charge >= 0.3 is 12.1 Å². The second-order valence-corrected chi connectivity index (χ2v) is 3.76. The van der Waals surface area contributed by atoms with Crippen LogP contribution in [-0.2, 0) is 22.1 Å². The molecule has 0 radical (unpaired) electrons. The molecule has 0 saturated heterocycles. The first-order chi connectivity index (χ1) is 8.91. The summed E-state index contributed by atoms with van der Waals surface area (Å²) in [7, 11) is 0. The Labute approximate surface area is 108 Å². The number of aryl methyl sites for hydroxylation is 1. The van der Waals surface area contributed by atoms with Gasteiger partial charge in [-0.15, -0.1) is 0 Å². The van der Waals surface area contributed by atoms with Gasteiger partial charge in [-0.3, -0.25) is 0 Å². The molecule has 0 atom stereocenters. The fourth-order valence-corrected chi connectivity index (χ4v) is 1.74. The van der Waals surface area contributed by atoms with E-state index < -0.39 is 23.3 Å². The number of aldehydes is 1. The smallest absolute Gasteiger partial charge is 0.417 e. The quantitative estimate of drug-likeness (QED) is 0.612. The number of carbonyl (C=O) groups is 2. The van der Waals surface area contributed by atoms with E-state index in [2.05, 4.69) is 4.74 Å². The van der Waals surface area contributed by atoms with Crippen LogP contribution in [0.4, 0.5) is 13.2 Å². The minimum Gasteiger partial charge on any atom is -0.462 e. The van der Waals surface area contributed by atoms with Gasteiger partial charge < -0.3 is 9.53 Å². The topological polar surface area (TPSA) is 43.4 Å². The van der Waals surface area contributed by atoms with Crippen LogP contribution in [0.15, 0.2) is 18.2 Å². The molecule has 1 rings (SSSR count). The summed E-state index contributed by atoms with van der Waals surface area (Å²) in [5, 5.41) is 0. The van der Waals surface area contributed by atoms with Crippen LogP contribution in [0.1, 0.15) is 34.8 Å². The Balaban J connectivity index is 3.30. The molecule has 0 aliphatic heterocycles. The standard InChI is InChI=1S/C13H13F3O3/c1-2-19-12(18)10-7-3-5-9(6-4-8-17)11(10)13(14,15)16/h3,5,7-8H,2,4,6H2,1H3. The molecule has 1 aromatic rings. The van der Waals surface area contributed by atoms with Crippen LogP contribution in [-0.4, -0.2) is 18.9 Å². The lowest BCUT2D eigenvalue weighted by molar-refractivity contribution is -0.138.